The number of rotatable bonds is 5. The number of carbonyl (C=O) groups excluding carboxylic acids is 2. The third kappa shape index (κ3) is 4.42. The predicted molar refractivity (Wildman–Crippen MR) is 97.7 cm³/mol. The zero-order valence-corrected chi connectivity index (χ0v) is 15.0. The Hall–Kier alpha value is -2.96. The van der Waals surface area contributed by atoms with Crippen molar-refractivity contribution < 1.29 is 23.1 Å². The van der Waals surface area contributed by atoms with E-state index in [1.165, 1.54) is 11.0 Å². The van der Waals surface area contributed by atoms with E-state index in [2.05, 4.69) is 5.32 Å². The van der Waals surface area contributed by atoms with Crippen LogP contribution in [0.15, 0.2) is 42.5 Å². The quantitative estimate of drug-likeness (QED) is 0.867. The van der Waals surface area contributed by atoms with Crippen molar-refractivity contribution in [3.05, 3.63) is 54.1 Å². The lowest BCUT2D eigenvalue weighted by molar-refractivity contribution is -0.122. The Balaban J connectivity index is 1.65. The molecule has 0 saturated carbocycles. The summed E-state index contributed by atoms with van der Waals surface area (Å²) in [4.78, 5) is 26.2. The van der Waals surface area contributed by atoms with E-state index >= 15 is 0 Å². The summed E-state index contributed by atoms with van der Waals surface area (Å²) in [5.41, 5.74) is 0.833. The molecule has 5 nitrogen and oxygen atoms in total. The average Bonchev–Trinajstić information content (AvgIpc) is 3.00. The summed E-state index contributed by atoms with van der Waals surface area (Å²) in [6.07, 6.45) is 0.105. The van der Waals surface area contributed by atoms with Gasteiger partial charge in [-0.25, -0.2) is 8.78 Å². The molecule has 1 fully saturated rings. The molecule has 3 rings (SSSR count). The molecule has 142 valence electrons. The highest BCUT2D eigenvalue weighted by Crippen LogP contribution is 2.28. The Morgan fingerprint density at radius 2 is 1.85 bits per heavy atom. The number of carbonyl (C=O) groups is 2. The molecule has 1 heterocycles. The first-order valence-electron chi connectivity index (χ1n) is 8.66. The first kappa shape index (κ1) is 18.8. The van der Waals surface area contributed by atoms with Gasteiger partial charge in [0.1, 0.15) is 5.75 Å². The van der Waals surface area contributed by atoms with E-state index in [4.69, 9.17) is 4.74 Å². The molecule has 1 unspecified atom stereocenters. The monoisotopic (exact) mass is 374 g/mol. The number of hydrogen-bond acceptors (Lipinski definition) is 3. The second-order valence-electron chi connectivity index (χ2n) is 6.68. The van der Waals surface area contributed by atoms with Gasteiger partial charge in [0.15, 0.2) is 11.6 Å². The Morgan fingerprint density at radius 1 is 1.15 bits per heavy atom. The highest BCUT2D eigenvalue weighted by atomic mass is 19.2. The van der Waals surface area contributed by atoms with Gasteiger partial charge in [0.25, 0.3) is 0 Å². The highest BCUT2D eigenvalue weighted by Gasteiger charge is 2.35. The number of ether oxygens (including phenoxy) is 1. The molecule has 2 aromatic carbocycles. The molecular weight excluding hydrogens is 354 g/mol. The number of halogens is 2. The summed E-state index contributed by atoms with van der Waals surface area (Å²) < 4.78 is 31.8. The first-order valence-corrected chi connectivity index (χ1v) is 8.66. The molecule has 0 spiro atoms. The van der Waals surface area contributed by atoms with Crippen molar-refractivity contribution in [3.63, 3.8) is 0 Å². The summed E-state index contributed by atoms with van der Waals surface area (Å²) in [5, 5.41) is 2.53. The Kier molecular flexibility index (Phi) is 5.39. The van der Waals surface area contributed by atoms with Crippen molar-refractivity contribution >= 4 is 23.2 Å². The topological polar surface area (TPSA) is 58.6 Å². The molecule has 27 heavy (non-hydrogen) atoms. The zero-order valence-electron chi connectivity index (χ0n) is 15.0. The first-order chi connectivity index (χ1) is 12.8. The number of benzene rings is 2. The third-order valence-corrected chi connectivity index (χ3v) is 4.20. The maximum Gasteiger partial charge on any atom is 0.229 e. The molecule has 1 atom stereocenters. The third-order valence-electron chi connectivity index (χ3n) is 4.20. The SMILES string of the molecule is CC(C)Oc1ccc(N2CC(C(=O)Nc3ccc(F)c(F)c3)CC2=O)cc1. The summed E-state index contributed by atoms with van der Waals surface area (Å²) in [7, 11) is 0. The van der Waals surface area contributed by atoms with Crippen molar-refractivity contribution in [3.8, 4) is 5.75 Å². The summed E-state index contributed by atoms with van der Waals surface area (Å²) in [6.45, 7) is 4.07. The Labute approximate surface area is 155 Å². The van der Waals surface area contributed by atoms with Crippen LogP contribution in [0, 0.1) is 17.6 Å². The van der Waals surface area contributed by atoms with E-state index in [0.29, 0.717) is 11.4 Å². The molecule has 1 saturated heterocycles. The van der Waals surface area contributed by atoms with Crippen LogP contribution in [-0.4, -0.2) is 24.5 Å². The lowest BCUT2D eigenvalue weighted by Crippen LogP contribution is -2.28. The normalized spacial score (nSPS) is 16.7. The van der Waals surface area contributed by atoms with Gasteiger partial charge in [-0.15, -0.1) is 0 Å². The van der Waals surface area contributed by atoms with E-state index in [9.17, 15) is 18.4 Å². The number of amides is 2. The van der Waals surface area contributed by atoms with Crippen LogP contribution < -0.4 is 15.0 Å². The van der Waals surface area contributed by atoms with Gasteiger partial charge in [0, 0.05) is 30.4 Å². The van der Waals surface area contributed by atoms with Gasteiger partial charge in [0.05, 0.1) is 12.0 Å². The van der Waals surface area contributed by atoms with E-state index in [-0.39, 0.29) is 30.7 Å². The van der Waals surface area contributed by atoms with Crippen LogP contribution in [0.3, 0.4) is 0 Å². The molecule has 1 aliphatic rings. The minimum atomic E-state index is -1.04. The molecule has 0 aromatic heterocycles. The smallest absolute Gasteiger partial charge is 0.229 e. The van der Waals surface area contributed by atoms with Gasteiger partial charge in [-0.05, 0) is 50.2 Å². The van der Waals surface area contributed by atoms with Gasteiger partial charge < -0.3 is 15.0 Å². The van der Waals surface area contributed by atoms with Gasteiger partial charge >= 0.3 is 0 Å². The van der Waals surface area contributed by atoms with Crippen LogP contribution in [0.5, 0.6) is 5.75 Å². The zero-order chi connectivity index (χ0) is 19.6. The largest absolute Gasteiger partial charge is 0.491 e. The van der Waals surface area contributed by atoms with E-state index in [0.717, 1.165) is 12.1 Å². The van der Waals surface area contributed by atoms with Crippen LogP contribution in [0.1, 0.15) is 20.3 Å². The van der Waals surface area contributed by atoms with Crippen LogP contribution in [0.25, 0.3) is 0 Å². The number of hydrogen-bond donors (Lipinski definition) is 1. The molecule has 7 heteroatoms. The summed E-state index contributed by atoms with van der Waals surface area (Å²) >= 11 is 0. The molecule has 0 aliphatic carbocycles. The van der Waals surface area contributed by atoms with Crippen molar-refractivity contribution in [2.75, 3.05) is 16.8 Å². The van der Waals surface area contributed by atoms with E-state index in [1.54, 1.807) is 24.3 Å². The van der Waals surface area contributed by atoms with Crippen LogP contribution in [0.2, 0.25) is 0 Å². The molecular formula is C20H20F2N2O3. The fraction of sp³-hybridized carbons (Fsp3) is 0.300. The maximum atomic E-state index is 13.3. The Bertz CT molecular complexity index is 853. The standard InChI is InChI=1S/C20H20F2N2O3/c1-12(2)27-16-6-4-15(5-7-16)24-11-13(9-19(24)25)20(26)23-14-3-8-17(21)18(22)10-14/h3-8,10,12-13H,9,11H2,1-2H3,(H,23,26). The number of nitrogens with one attached hydrogen (secondary N) is 1. The van der Waals surface area contributed by atoms with Crippen LogP contribution in [0.4, 0.5) is 20.2 Å². The predicted octanol–water partition coefficient (Wildman–Crippen LogP) is 3.74. The van der Waals surface area contributed by atoms with Gasteiger partial charge in [-0.1, -0.05) is 0 Å². The maximum absolute atomic E-state index is 13.3. The fourth-order valence-corrected chi connectivity index (χ4v) is 2.93. The fourth-order valence-electron chi connectivity index (χ4n) is 2.93. The molecule has 2 amide bonds. The second-order valence-corrected chi connectivity index (χ2v) is 6.68. The summed E-state index contributed by atoms with van der Waals surface area (Å²) in [6, 6.07) is 10.2. The Morgan fingerprint density at radius 3 is 2.48 bits per heavy atom. The lowest BCUT2D eigenvalue weighted by atomic mass is 10.1. The second kappa shape index (κ2) is 7.73. The lowest BCUT2D eigenvalue weighted by Gasteiger charge is -2.18. The van der Waals surface area contributed by atoms with E-state index < -0.39 is 23.5 Å². The minimum absolute atomic E-state index is 0.0497. The molecule has 1 N–H and O–H groups in total. The number of anilines is 2. The van der Waals surface area contributed by atoms with Crippen molar-refractivity contribution in [1.29, 1.82) is 0 Å². The van der Waals surface area contributed by atoms with Crippen LogP contribution >= 0.6 is 0 Å². The number of nitrogens with zero attached hydrogens (tertiary/aromatic N) is 1. The molecule has 2 aromatic rings. The van der Waals surface area contributed by atoms with E-state index in [1.807, 2.05) is 13.8 Å². The average molecular weight is 374 g/mol. The highest BCUT2D eigenvalue weighted by molar-refractivity contribution is 6.03. The summed E-state index contributed by atoms with van der Waals surface area (Å²) in [5.74, 6) is -2.47. The van der Waals surface area contributed by atoms with Crippen molar-refractivity contribution in [2.24, 2.45) is 5.92 Å². The van der Waals surface area contributed by atoms with Gasteiger partial charge in [-0.3, -0.25) is 9.59 Å². The van der Waals surface area contributed by atoms with Crippen molar-refractivity contribution in [2.45, 2.75) is 26.4 Å². The molecule has 0 bridgehead atoms. The molecule has 0 radical (unpaired) electrons. The minimum Gasteiger partial charge on any atom is -0.491 e. The molecule has 1 aliphatic heterocycles. The van der Waals surface area contributed by atoms with Gasteiger partial charge in [-0.2, -0.15) is 0 Å². The van der Waals surface area contributed by atoms with Crippen LogP contribution in [-0.2, 0) is 9.59 Å². The van der Waals surface area contributed by atoms with Crippen molar-refractivity contribution in [1.82, 2.24) is 0 Å². The van der Waals surface area contributed by atoms with Gasteiger partial charge in [0.2, 0.25) is 11.8 Å².